The highest BCUT2D eigenvalue weighted by molar-refractivity contribution is 8.76. The maximum Gasteiger partial charge on any atom is 0.0594 e. The quantitative estimate of drug-likeness (QED) is 0.601. The standard InChI is InChI=1S/C13H19NOS2/c1-12-2-4-13(5-3-12)17-16-11-8-14-6-9-15-10-7-14/h2-5H,6-11H2,1H3. The number of hydrogen-bond acceptors (Lipinski definition) is 4. The molecule has 17 heavy (non-hydrogen) atoms. The molecule has 0 unspecified atom stereocenters. The van der Waals surface area contributed by atoms with E-state index in [-0.39, 0.29) is 0 Å². The average molecular weight is 269 g/mol. The molecule has 0 amide bonds. The van der Waals surface area contributed by atoms with Gasteiger partial charge in [-0.15, -0.1) is 0 Å². The molecule has 0 N–H and O–H groups in total. The summed E-state index contributed by atoms with van der Waals surface area (Å²) in [7, 11) is 3.82. The molecule has 1 fully saturated rings. The number of ether oxygens (including phenoxy) is 1. The van der Waals surface area contributed by atoms with E-state index in [2.05, 4.69) is 36.1 Å². The van der Waals surface area contributed by atoms with Gasteiger partial charge in [-0.1, -0.05) is 39.3 Å². The fourth-order valence-electron chi connectivity index (χ4n) is 1.69. The van der Waals surface area contributed by atoms with Crippen molar-refractivity contribution in [1.29, 1.82) is 0 Å². The van der Waals surface area contributed by atoms with E-state index in [9.17, 15) is 0 Å². The lowest BCUT2D eigenvalue weighted by Crippen LogP contribution is -2.37. The Morgan fingerprint density at radius 2 is 1.88 bits per heavy atom. The van der Waals surface area contributed by atoms with Gasteiger partial charge in [0, 0.05) is 30.3 Å². The van der Waals surface area contributed by atoms with Crippen LogP contribution in [0.5, 0.6) is 0 Å². The SMILES string of the molecule is Cc1ccc(SSCCN2CCOCC2)cc1. The number of aryl methyl sites for hydroxylation is 1. The number of benzene rings is 1. The van der Waals surface area contributed by atoms with Crippen LogP contribution in [-0.2, 0) is 4.74 Å². The molecular weight excluding hydrogens is 250 g/mol. The first-order valence-electron chi connectivity index (χ1n) is 6.01. The molecule has 0 spiro atoms. The lowest BCUT2D eigenvalue weighted by Gasteiger charge is -2.26. The highest BCUT2D eigenvalue weighted by atomic mass is 33.1. The normalized spacial score (nSPS) is 17.2. The van der Waals surface area contributed by atoms with Crippen LogP contribution < -0.4 is 0 Å². The van der Waals surface area contributed by atoms with Gasteiger partial charge in [0.2, 0.25) is 0 Å². The van der Waals surface area contributed by atoms with Crippen LogP contribution in [0.2, 0.25) is 0 Å². The molecule has 1 aromatic carbocycles. The summed E-state index contributed by atoms with van der Waals surface area (Å²) in [5.41, 5.74) is 1.33. The molecule has 2 nitrogen and oxygen atoms in total. The van der Waals surface area contributed by atoms with Gasteiger partial charge in [0.05, 0.1) is 13.2 Å². The Balaban J connectivity index is 1.60. The summed E-state index contributed by atoms with van der Waals surface area (Å²) in [4.78, 5) is 3.83. The molecule has 2 rings (SSSR count). The van der Waals surface area contributed by atoms with Crippen molar-refractivity contribution < 1.29 is 4.74 Å². The zero-order chi connectivity index (χ0) is 11.9. The Labute approximate surface area is 111 Å². The van der Waals surface area contributed by atoms with Crippen LogP contribution in [-0.4, -0.2) is 43.5 Å². The molecule has 1 aliphatic rings. The van der Waals surface area contributed by atoms with Crippen LogP contribution in [0.1, 0.15) is 5.56 Å². The Morgan fingerprint density at radius 3 is 2.59 bits per heavy atom. The van der Waals surface area contributed by atoms with Gasteiger partial charge in [0.25, 0.3) is 0 Å². The first kappa shape index (κ1) is 13.3. The largest absolute Gasteiger partial charge is 0.379 e. The van der Waals surface area contributed by atoms with Crippen molar-refractivity contribution >= 4 is 21.6 Å². The summed E-state index contributed by atoms with van der Waals surface area (Å²) in [5.74, 6) is 1.18. The number of hydrogen-bond donors (Lipinski definition) is 0. The zero-order valence-electron chi connectivity index (χ0n) is 10.2. The van der Waals surface area contributed by atoms with Gasteiger partial charge in [0.1, 0.15) is 0 Å². The minimum atomic E-state index is 0.899. The monoisotopic (exact) mass is 269 g/mol. The first-order chi connectivity index (χ1) is 8.34. The molecule has 94 valence electrons. The first-order valence-corrected chi connectivity index (χ1v) is 8.33. The molecule has 1 aromatic rings. The molecule has 0 saturated carbocycles. The fraction of sp³-hybridized carbons (Fsp3) is 0.538. The van der Waals surface area contributed by atoms with Crippen molar-refractivity contribution in [2.24, 2.45) is 0 Å². The van der Waals surface area contributed by atoms with Gasteiger partial charge >= 0.3 is 0 Å². The average Bonchev–Trinajstić information content (AvgIpc) is 2.38. The predicted molar refractivity (Wildman–Crippen MR) is 76.8 cm³/mol. The van der Waals surface area contributed by atoms with Crippen molar-refractivity contribution in [3.8, 4) is 0 Å². The Kier molecular flexibility index (Phi) is 5.71. The highest BCUT2D eigenvalue weighted by Crippen LogP contribution is 2.30. The van der Waals surface area contributed by atoms with Crippen molar-refractivity contribution in [2.45, 2.75) is 11.8 Å². The Morgan fingerprint density at radius 1 is 1.18 bits per heavy atom. The maximum absolute atomic E-state index is 5.33. The Bertz CT molecular complexity index is 323. The van der Waals surface area contributed by atoms with Gasteiger partial charge in [-0.2, -0.15) is 0 Å². The lowest BCUT2D eigenvalue weighted by atomic mass is 10.2. The van der Waals surface area contributed by atoms with Gasteiger partial charge in [-0.05, 0) is 19.1 Å². The van der Waals surface area contributed by atoms with Crippen LogP contribution in [0.15, 0.2) is 29.2 Å². The molecule has 4 heteroatoms. The van der Waals surface area contributed by atoms with Crippen LogP contribution in [0.3, 0.4) is 0 Å². The van der Waals surface area contributed by atoms with Crippen LogP contribution in [0.25, 0.3) is 0 Å². The third-order valence-corrected chi connectivity index (χ3v) is 5.13. The van der Waals surface area contributed by atoms with Crippen LogP contribution in [0.4, 0.5) is 0 Å². The third-order valence-electron chi connectivity index (χ3n) is 2.77. The second-order valence-electron chi connectivity index (χ2n) is 4.17. The van der Waals surface area contributed by atoms with Gasteiger partial charge in [0.15, 0.2) is 0 Å². The van der Waals surface area contributed by atoms with Crippen molar-refractivity contribution in [3.05, 3.63) is 29.8 Å². The maximum atomic E-state index is 5.33. The number of nitrogens with zero attached hydrogens (tertiary/aromatic N) is 1. The zero-order valence-corrected chi connectivity index (χ0v) is 11.9. The number of morpholine rings is 1. The van der Waals surface area contributed by atoms with Crippen molar-refractivity contribution in [2.75, 3.05) is 38.6 Å². The lowest BCUT2D eigenvalue weighted by molar-refractivity contribution is 0.0410. The molecule has 0 bridgehead atoms. The van der Waals surface area contributed by atoms with Crippen molar-refractivity contribution in [3.63, 3.8) is 0 Å². The topological polar surface area (TPSA) is 12.5 Å². The van der Waals surface area contributed by atoms with E-state index in [4.69, 9.17) is 4.74 Å². The van der Waals surface area contributed by atoms with E-state index in [1.807, 2.05) is 21.6 Å². The molecule has 0 atom stereocenters. The molecule has 1 aliphatic heterocycles. The van der Waals surface area contributed by atoms with E-state index in [0.717, 1.165) is 26.3 Å². The van der Waals surface area contributed by atoms with E-state index < -0.39 is 0 Å². The van der Waals surface area contributed by atoms with Gasteiger partial charge < -0.3 is 4.74 Å². The van der Waals surface area contributed by atoms with Crippen LogP contribution >= 0.6 is 21.6 Å². The molecule has 0 radical (unpaired) electrons. The molecule has 0 aromatic heterocycles. The summed E-state index contributed by atoms with van der Waals surface area (Å²) >= 11 is 0. The summed E-state index contributed by atoms with van der Waals surface area (Å²) < 4.78 is 5.33. The second kappa shape index (κ2) is 7.31. The van der Waals surface area contributed by atoms with Crippen LogP contribution in [0, 0.1) is 6.92 Å². The van der Waals surface area contributed by atoms with Crippen molar-refractivity contribution in [1.82, 2.24) is 4.90 Å². The minimum absolute atomic E-state index is 0.899. The van der Waals surface area contributed by atoms with Gasteiger partial charge in [-0.25, -0.2) is 0 Å². The predicted octanol–water partition coefficient (Wildman–Crippen LogP) is 3.07. The molecular formula is C13H19NOS2. The fourth-order valence-corrected chi connectivity index (χ4v) is 3.71. The summed E-state index contributed by atoms with van der Waals surface area (Å²) in [6, 6.07) is 8.74. The molecule has 1 heterocycles. The summed E-state index contributed by atoms with van der Waals surface area (Å²) in [6.45, 7) is 7.28. The second-order valence-corrected chi connectivity index (χ2v) is 6.66. The van der Waals surface area contributed by atoms with E-state index in [1.165, 1.54) is 22.8 Å². The van der Waals surface area contributed by atoms with E-state index in [0.29, 0.717) is 0 Å². The molecule has 0 aliphatic carbocycles. The highest BCUT2D eigenvalue weighted by Gasteiger charge is 2.09. The van der Waals surface area contributed by atoms with Gasteiger partial charge in [-0.3, -0.25) is 4.90 Å². The minimum Gasteiger partial charge on any atom is -0.379 e. The molecule has 1 saturated heterocycles. The summed E-state index contributed by atoms with van der Waals surface area (Å²) in [6.07, 6.45) is 0. The van der Waals surface area contributed by atoms with E-state index in [1.54, 1.807) is 0 Å². The smallest absolute Gasteiger partial charge is 0.0594 e. The summed E-state index contributed by atoms with van der Waals surface area (Å²) in [5, 5.41) is 0. The number of rotatable bonds is 5. The Hall–Kier alpha value is -0.160. The third kappa shape index (κ3) is 4.92. The van der Waals surface area contributed by atoms with E-state index >= 15 is 0 Å².